The Balaban J connectivity index is 2.03. The molecule has 2 aliphatic rings. The van der Waals surface area contributed by atoms with Crippen LogP contribution in [0.4, 0.5) is 0 Å². The Morgan fingerprint density at radius 2 is 2.00 bits per heavy atom. The molecule has 6 heteroatoms. The van der Waals surface area contributed by atoms with Crippen molar-refractivity contribution in [3.8, 4) is 0 Å². The van der Waals surface area contributed by atoms with Crippen LogP contribution in [-0.4, -0.2) is 54.5 Å². The van der Waals surface area contributed by atoms with Gasteiger partial charge in [0.15, 0.2) is 0 Å². The maximum absolute atomic E-state index is 12.7. The fraction of sp³-hybridized carbons (Fsp3) is 0.467. The van der Waals surface area contributed by atoms with Crippen molar-refractivity contribution in [2.24, 2.45) is 0 Å². The highest BCUT2D eigenvalue weighted by Crippen LogP contribution is 2.34. The summed E-state index contributed by atoms with van der Waals surface area (Å²) in [4.78, 5) is 29.6. The summed E-state index contributed by atoms with van der Waals surface area (Å²) in [6.45, 7) is 4.94. The Labute approximate surface area is 127 Å². The van der Waals surface area contributed by atoms with Gasteiger partial charge in [-0.25, -0.2) is 0 Å². The average Bonchev–Trinajstić information content (AvgIpc) is 3.10. The Bertz CT molecular complexity index is 574. The van der Waals surface area contributed by atoms with Gasteiger partial charge in [-0.2, -0.15) is 0 Å². The number of nitrogens with zero attached hydrogens (tertiary/aromatic N) is 2. The lowest BCUT2D eigenvalue weighted by Gasteiger charge is -2.29. The van der Waals surface area contributed by atoms with Gasteiger partial charge in [0.25, 0.3) is 11.8 Å². The van der Waals surface area contributed by atoms with Gasteiger partial charge in [-0.3, -0.25) is 14.5 Å². The van der Waals surface area contributed by atoms with Crippen molar-refractivity contribution < 1.29 is 14.3 Å². The van der Waals surface area contributed by atoms with E-state index in [4.69, 9.17) is 4.74 Å². The second kappa shape index (κ2) is 5.99. The molecular formula is C15H18N2O3S. The Hall–Kier alpha value is -1.66. The molecule has 0 aliphatic carbocycles. The zero-order valence-electron chi connectivity index (χ0n) is 12.0. The molecule has 0 unspecified atom stereocenters. The first-order valence-electron chi connectivity index (χ1n) is 7.21. The lowest BCUT2D eigenvalue weighted by atomic mass is 10.1. The monoisotopic (exact) mass is 306 g/mol. The molecule has 1 aromatic heterocycles. The number of morpholine rings is 1. The second-order valence-electron chi connectivity index (χ2n) is 5.06. The van der Waals surface area contributed by atoms with Gasteiger partial charge >= 0.3 is 0 Å². The first-order valence-corrected chi connectivity index (χ1v) is 8.09. The molecule has 3 rings (SSSR count). The van der Waals surface area contributed by atoms with Crippen LogP contribution in [0.5, 0.6) is 0 Å². The van der Waals surface area contributed by atoms with E-state index in [1.807, 2.05) is 29.3 Å². The largest absolute Gasteiger partial charge is 0.378 e. The van der Waals surface area contributed by atoms with Crippen molar-refractivity contribution in [3.63, 3.8) is 0 Å². The Morgan fingerprint density at radius 1 is 1.24 bits per heavy atom. The molecule has 0 atom stereocenters. The standard InChI is InChI=1S/C15H18N2O3S/c1-2-5-17-14(18)12(11-4-3-10-21-11)13(15(17)19)16-6-8-20-9-7-16/h3-4,10H,2,5-9H2,1H3. The summed E-state index contributed by atoms with van der Waals surface area (Å²) in [5, 5.41) is 1.93. The minimum Gasteiger partial charge on any atom is -0.378 e. The number of hydrogen-bond donors (Lipinski definition) is 0. The van der Waals surface area contributed by atoms with Gasteiger partial charge in [-0.05, 0) is 17.9 Å². The van der Waals surface area contributed by atoms with E-state index in [1.165, 1.54) is 16.2 Å². The molecule has 3 heterocycles. The quantitative estimate of drug-likeness (QED) is 0.792. The highest BCUT2D eigenvalue weighted by Gasteiger charge is 2.41. The van der Waals surface area contributed by atoms with E-state index in [2.05, 4.69) is 0 Å². The van der Waals surface area contributed by atoms with Gasteiger partial charge in [0, 0.05) is 24.5 Å². The topological polar surface area (TPSA) is 49.9 Å². The first kappa shape index (κ1) is 14.3. The van der Waals surface area contributed by atoms with Crippen molar-refractivity contribution in [1.29, 1.82) is 0 Å². The summed E-state index contributed by atoms with van der Waals surface area (Å²) >= 11 is 1.50. The molecule has 5 nitrogen and oxygen atoms in total. The van der Waals surface area contributed by atoms with E-state index in [1.54, 1.807) is 0 Å². The van der Waals surface area contributed by atoms with Gasteiger partial charge in [0.2, 0.25) is 0 Å². The number of amides is 2. The van der Waals surface area contributed by atoms with Gasteiger partial charge in [0.05, 0.1) is 18.8 Å². The van der Waals surface area contributed by atoms with E-state index in [0.717, 1.165) is 11.3 Å². The molecule has 1 aromatic rings. The minimum atomic E-state index is -0.161. The number of carbonyl (C=O) groups excluding carboxylic acids is 2. The van der Waals surface area contributed by atoms with Crippen LogP contribution in [-0.2, 0) is 14.3 Å². The van der Waals surface area contributed by atoms with Crippen molar-refractivity contribution in [1.82, 2.24) is 9.80 Å². The predicted molar refractivity (Wildman–Crippen MR) is 80.6 cm³/mol. The van der Waals surface area contributed by atoms with Crippen molar-refractivity contribution in [3.05, 3.63) is 28.1 Å². The van der Waals surface area contributed by atoms with E-state index >= 15 is 0 Å². The highest BCUT2D eigenvalue weighted by molar-refractivity contribution is 7.11. The smallest absolute Gasteiger partial charge is 0.277 e. The lowest BCUT2D eigenvalue weighted by molar-refractivity contribution is -0.137. The number of ether oxygens (including phenoxy) is 1. The van der Waals surface area contributed by atoms with Gasteiger partial charge < -0.3 is 9.64 Å². The maximum Gasteiger partial charge on any atom is 0.277 e. The third-order valence-corrected chi connectivity index (χ3v) is 4.57. The van der Waals surface area contributed by atoms with Crippen LogP contribution in [0.25, 0.3) is 5.57 Å². The zero-order valence-corrected chi connectivity index (χ0v) is 12.8. The molecule has 1 fully saturated rings. The van der Waals surface area contributed by atoms with Crippen LogP contribution in [0, 0.1) is 0 Å². The summed E-state index contributed by atoms with van der Waals surface area (Å²) < 4.78 is 5.35. The van der Waals surface area contributed by atoms with Crippen molar-refractivity contribution >= 4 is 28.7 Å². The molecule has 0 bridgehead atoms. The van der Waals surface area contributed by atoms with Crippen LogP contribution < -0.4 is 0 Å². The van der Waals surface area contributed by atoms with E-state index in [9.17, 15) is 9.59 Å². The molecule has 0 aromatic carbocycles. The lowest BCUT2D eigenvalue weighted by Crippen LogP contribution is -2.40. The van der Waals surface area contributed by atoms with E-state index in [0.29, 0.717) is 44.1 Å². The van der Waals surface area contributed by atoms with Crippen molar-refractivity contribution in [2.75, 3.05) is 32.8 Å². The number of rotatable bonds is 4. The fourth-order valence-electron chi connectivity index (χ4n) is 2.71. The zero-order chi connectivity index (χ0) is 14.8. The van der Waals surface area contributed by atoms with Gasteiger partial charge in [-0.15, -0.1) is 11.3 Å². The molecule has 0 radical (unpaired) electrons. The normalized spacial score (nSPS) is 19.9. The number of hydrogen-bond acceptors (Lipinski definition) is 5. The summed E-state index contributed by atoms with van der Waals surface area (Å²) in [5.41, 5.74) is 1.12. The van der Waals surface area contributed by atoms with Crippen LogP contribution in [0.2, 0.25) is 0 Å². The summed E-state index contributed by atoms with van der Waals surface area (Å²) in [6.07, 6.45) is 0.769. The molecular weight excluding hydrogens is 288 g/mol. The minimum absolute atomic E-state index is 0.160. The SMILES string of the molecule is CCCN1C(=O)C(c2cccs2)=C(N2CCOCC2)C1=O. The van der Waals surface area contributed by atoms with Crippen LogP contribution in [0.1, 0.15) is 18.2 Å². The molecule has 1 saturated heterocycles. The summed E-state index contributed by atoms with van der Waals surface area (Å²) in [6, 6.07) is 3.81. The van der Waals surface area contributed by atoms with E-state index < -0.39 is 0 Å². The third-order valence-electron chi connectivity index (χ3n) is 3.69. The molecule has 112 valence electrons. The van der Waals surface area contributed by atoms with Crippen LogP contribution >= 0.6 is 11.3 Å². The molecule has 0 saturated carbocycles. The second-order valence-corrected chi connectivity index (χ2v) is 6.01. The molecule has 2 amide bonds. The maximum atomic E-state index is 12.7. The highest BCUT2D eigenvalue weighted by atomic mass is 32.1. The number of thiophene rings is 1. The number of imide groups is 1. The van der Waals surface area contributed by atoms with E-state index in [-0.39, 0.29) is 11.8 Å². The molecule has 21 heavy (non-hydrogen) atoms. The van der Waals surface area contributed by atoms with Gasteiger partial charge in [-0.1, -0.05) is 13.0 Å². The molecule has 0 N–H and O–H groups in total. The first-order chi connectivity index (χ1) is 10.2. The summed E-state index contributed by atoms with van der Waals surface area (Å²) in [7, 11) is 0. The summed E-state index contributed by atoms with van der Waals surface area (Å²) in [5.74, 6) is -0.321. The van der Waals surface area contributed by atoms with Crippen molar-refractivity contribution in [2.45, 2.75) is 13.3 Å². The van der Waals surface area contributed by atoms with Crippen LogP contribution in [0.3, 0.4) is 0 Å². The van der Waals surface area contributed by atoms with Gasteiger partial charge in [0.1, 0.15) is 5.70 Å². The predicted octanol–water partition coefficient (Wildman–Crippen LogP) is 1.57. The fourth-order valence-corrected chi connectivity index (χ4v) is 3.48. The average molecular weight is 306 g/mol. The Kier molecular flexibility index (Phi) is 4.07. The number of carbonyl (C=O) groups is 2. The third kappa shape index (κ3) is 2.49. The Morgan fingerprint density at radius 3 is 2.62 bits per heavy atom. The van der Waals surface area contributed by atoms with Crippen LogP contribution in [0.15, 0.2) is 23.2 Å². The molecule has 0 spiro atoms. The molecule has 2 aliphatic heterocycles.